The van der Waals surface area contributed by atoms with Crippen molar-refractivity contribution in [1.82, 2.24) is 10.2 Å². The Morgan fingerprint density at radius 1 is 1.18 bits per heavy atom. The smallest absolute Gasteiger partial charge is 0.328 e. The molecule has 0 aliphatic carbocycles. The van der Waals surface area contributed by atoms with Crippen molar-refractivity contribution < 1.29 is 19.1 Å². The summed E-state index contributed by atoms with van der Waals surface area (Å²) in [7, 11) is 1.29. The third kappa shape index (κ3) is 2.89. The molecule has 2 atom stereocenters. The lowest BCUT2D eigenvalue weighted by Crippen LogP contribution is -2.47. The Morgan fingerprint density at radius 2 is 1.89 bits per heavy atom. The number of nitrogens with one attached hydrogen (secondary N) is 2. The molecule has 2 aromatic rings. The number of fused-ring (bicyclic) bond motifs is 2. The molecule has 0 unspecified atom stereocenters. The molecular formula is C21H21N3O4. The quantitative estimate of drug-likeness (QED) is 0.799. The summed E-state index contributed by atoms with van der Waals surface area (Å²) in [6.07, 6.45) is 0.196. The highest BCUT2D eigenvalue weighted by Gasteiger charge is 2.57. The van der Waals surface area contributed by atoms with Crippen LogP contribution in [0.5, 0.6) is 0 Å². The molecule has 0 bridgehead atoms. The van der Waals surface area contributed by atoms with E-state index in [4.69, 9.17) is 4.74 Å². The van der Waals surface area contributed by atoms with Gasteiger partial charge >= 0.3 is 12.0 Å². The SMILES string of the molecule is COC(=O)[C@@H]1C[C@]2(CN1C(=O)NCc1ccccc1)C(=O)Nc1ccccc12. The van der Waals surface area contributed by atoms with Crippen LogP contribution in [-0.2, 0) is 26.3 Å². The number of hydrogen-bond donors (Lipinski definition) is 2. The summed E-state index contributed by atoms with van der Waals surface area (Å²) in [6, 6.07) is 15.7. The molecule has 1 saturated heterocycles. The molecule has 1 spiro atoms. The molecule has 4 rings (SSSR count). The average Bonchev–Trinajstić information content (AvgIpc) is 3.26. The molecule has 7 heteroatoms. The van der Waals surface area contributed by atoms with Gasteiger partial charge in [-0.25, -0.2) is 9.59 Å². The van der Waals surface area contributed by atoms with Gasteiger partial charge in [0.05, 0.1) is 12.5 Å². The van der Waals surface area contributed by atoms with Crippen molar-refractivity contribution in [2.75, 3.05) is 19.0 Å². The average molecular weight is 379 g/mol. The number of para-hydroxylation sites is 1. The fourth-order valence-corrected chi connectivity index (χ4v) is 4.07. The summed E-state index contributed by atoms with van der Waals surface area (Å²) in [5, 5.41) is 5.72. The molecule has 1 fully saturated rings. The first-order chi connectivity index (χ1) is 13.5. The lowest BCUT2D eigenvalue weighted by molar-refractivity contribution is -0.145. The van der Waals surface area contributed by atoms with Gasteiger partial charge in [0.2, 0.25) is 5.91 Å². The maximum atomic E-state index is 12.9. The number of benzene rings is 2. The fraction of sp³-hybridized carbons (Fsp3) is 0.286. The van der Waals surface area contributed by atoms with Crippen LogP contribution in [-0.4, -0.2) is 42.5 Å². The molecule has 2 heterocycles. The van der Waals surface area contributed by atoms with Crippen molar-refractivity contribution in [3.05, 3.63) is 65.7 Å². The van der Waals surface area contributed by atoms with E-state index < -0.39 is 23.5 Å². The minimum atomic E-state index is -0.945. The summed E-state index contributed by atoms with van der Waals surface area (Å²) >= 11 is 0. The van der Waals surface area contributed by atoms with Crippen molar-refractivity contribution in [3.8, 4) is 0 Å². The van der Waals surface area contributed by atoms with Crippen LogP contribution in [0.3, 0.4) is 0 Å². The Kier molecular flexibility index (Phi) is 4.50. The number of ether oxygens (including phenoxy) is 1. The summed E-state index contributed by atoms with van der Waals surface area (Å²) in [6.45, 7) is 0.454. The molecule has 2 aliphatic rings. The Balaban J connectivity index is 1.60. The van der Waals surface area contributed by atoms with E-state index in [1.165, 1.54) is 12.0 Å². The van der Waals surface area contributed by atoms with E-state index in [2.05, 4.69) is 10.6 Å². The summed E-state index contributed by atoms with van der Waals surface area (Å²) in [5.41, 5.74) is 1.54. The number of esters is 1. The predicted octanol–water partition coefficient (Wildman–Crippen LogP) is 2.03. The lowest BCUT2D eigenvalue weighted by atomic mass is 9.79. The van der Waals surface area contributed by atoms with Gasteiger partial charge in [0, 0.05) is 18.8 Å². The first kappa shape index (κ1) is 18.0. The first-order valence-corrected chi connectivity index (χ1v) is 9.12. The predicted molar refractivity (Wildman–Crippen MR) is 103 cm³/mol. The Hall–Kier alpha value is -3.35. The van der Waals surface area contributed by atoms with Crippen molar-refractivity contribution in [1.29, 1.82) is 0 Å². The third-order valence-electron chi connectivity index (χ3n) is 5.50. The number of rotatable bonds is 3. The second-order valence-corrected chi connectivity index (χ2v) is 7.10. The van der Waals surface area contributed by atoms with E-state index in [0.29, 0.717) is 6.54 Å². The first-order valence-electron chi connectivity index (χ1n) is 9.12. The van der Waals surface area contributed by atoms with Crippen LogP contribution in [0.25, 0.3) is 0 Å². The lowest BCUT2D eigenvalue weighted by Gasteiger charge is -2.24. The molecule has 2 N–H and O–H groups in total. The van der Waals surface area contributed by atoms with Gasteiger partial charge in [-0.1, -0.05) is 48.5 Å². The molecule has 2 aromatic carbocycles. The molecule has 0 aromatic heterocycles. The number of amides is 3. The number of carbonyl (C=O) groups is 3. The van der Waals surface area contributed by atoms with E-state index in [9.17, 15) is 14.4 Å². The molecule has 0 radical (unpaired) electrons. The molecular weight excluding hydrogens is 358 g/mol. The van der Waals surface area contributed by atoms with Crippen LogP contribution >= 0.6 is 0 Å². The fourth-order valence-electron chi connectivity index (χ4n) is 4.07. The molecule has 2 aliphatic heterocycles. The summed E-state index contributed by atoms with van der Waals surface area (Å²) < 4.78 is 4.91. The highest BCUT2D eigenvalue weighted by molar-refractivity contribution is 6.08. The van der Waals surface area contributed by atoms with Gasteiger partial charge in [0.25, 0.3) is 0 Å². The van der Waals surface area contributed by atoms with E-state index in [-0.39, 0.29) is 18.9 Å². The van der Waals surface area contributed by atoms with Crippen LogP contribution < -0.4 is 10.6 Å². The minimum Gasteiger partial charge on any atom is -0.467 e. The van der Waals surface area contributed by atoms with Crippen LogP contribution in [0.1, 0.15) is 17.5 Å². The monoisotopic (exact) mass is 379 g/mol. The molecule has 144 valence electrons. The van der Waals surface area contributed by atoms with Crippen LogP contribution in [0.4, 0.5) is 10.5 Å². The zero-order chi connectivity index (χ0) is 19.7. The normalized spacial score (nSPS) is 22.7. The number of nitrogens with zero attached hydrogens (tertiary/aromatic N) is 1. The number of methoxy groups -OCH3 is 1. The standard InChI is InChI=1S/C21H21N3O4/c1-28-18(25)17-11-21(15-9-5-6-10-16(15)23-19(21)26)13-24(17)20(27)22-12-14-7-3-2-4-8-14/h2-10,17H,11-13H2,1H3,(H,22,27)(H,23,26)/t17-,21+/m0/s1. The van der Waals surface area contributed by atoms with Crippen molar-refractivity contribution >= 4 is 23.6 Å². The number of likely N-dealkylation sites (tertiary alicyclic amines) is 1. The van der Waals surface area contributed by atoms with Crippen molar-refractivity contribution in [2.45, 2.75) is 24.4 Å². The van der Waals surface area contributed by atoms with Gasteiger partial charge in [0.1, 0.15) is 6.04 Å². The number of hydrogen-bond acceptors (Lipinski definition) is 4. The number of carbonyl (C=O) groups excluding carboxylic acids is 3. The second-order valence-electron chi connectivity index (χ2n) is 7.10. The van der Waals surface area contributed by atoms with Crippen LogP contribution in [0.2, 0.25) is 0 Å². The molecule has 7 nitrogen and oxygen atoms in total. The number of anilines is 1. The Morgan fingerprint density at radius 3 is 2.64 bits per heavy atom. The van der Waals surface area contributed by atoms with E-state index in [0.717, 1.165) is 16.8 Å². The van der Waals surface area contributed by atoms with Gasteiger partial charge < -0.3 is 20.3 Å². The second kappa shape index (κ2) is 6.99. The van der Waals surface area contributed by atoms with Crippen LogP contribution in [0, 0.1) is 0 Å². The van der Waals surface area contributed by atoms with E-state index >= 15 is 0 Å². The minimum absolute atomic E-state index is 0.121. The van der Waals surface area contributed by atoms with Crippen molar-refractivity contribution in [2.24, 2.45) is 0 Å². The molecule has 3 amide bonds. The maximum absolute atomic E-state index is 12.9. The van der Waals surface area contributed by atoms with Gasteiger partial charge in [-0.2, -0.15) is 0 Å². The molecule has 0 saturated carbocycles. The largest absolute Gasteiger partial charge is 0.467 e. The van der Waals surface area contributed by atoms with Crippen molar-refractivity contribution in [3.63, 3.8) is 0 Å². The van der Waals surface area contributed by atoms with E-state index in [1.807, 2.05) is 54.6 Å². The van der Waals surface area contributed by atoms with Crippen LogP contribution in [0.15, 0.2) is 54.6 Å². The summed E-state index contributed by atoms with van der Waals surface area (Å²) in [4.78, 5) is 39.5. The Labute approximate surface area is 162 Å². The van der Waals surface area contributed by atoms with Gasteiger partial charge in [-0.3, -0.25) is 4.79 Å². The van der Waals surface area contributed by atoms with Gasteiger partial charge in [-0.15, -0.1) is 0 Å². The zero-order valence-corrected chi connectivity index (χ0v) is 15.5. The topological polar surface area (TPSA) is 87.7 Å². The number of urea groups is 1. The van der Waals surface area contributed by atoms with E-state index in [1.54, 1.807) is 0 Å². The third-order valence-corrected chi connectivity index (χ3v) is 5.50. The maximum Gasteiger partial charge on any atom is 0.328 e. The highest BCUT2D eigenvalue weighted by atomic mass is 16.5. The van der Waals surface area contributed by atoms with Gasteiger partial charge in [-0.05, 0) is 23.6 Å². The molecule has 28 heavy (non-hydrogen) atoms. The summed E-state index contributed by atoms with van der Waals surface area (Å²) in [5.74, 6) is -0.718. The Bertz CT molecular complexity index is 930. The van der Waals surface area contributed by atoms with Gasteiger partial charge in [0.15, 0.2) is 0 Å². The zero-order valence-electron chi connectivity index (χ0n) is 15.5. The highest BCUT2D eigenvalue weighted by Crippen LogP contribution is 2.46.